The predicted octanol–water partition coefficient (Wildman–Crippen LogP) is 1.81. The molecule has 3 atom stereocenters. The van der Waals surface area contributed by atoms with Gasteiger partial charge in [0, 0.05) is 12.1 Å². The van der Waals surface area contributed by atoms with E-state index in [2.05, 4.69) is 28.8 Å². The Labute approximate surface area is 137 Å². The van der Waals surface area contributed by atoms with Crippen molar-refractivity contribution in [1.29, 1.82) is 0 Å². The van der Waals surface area contributed by atoms with Crippen molar-refractivity contribution in [2.24, 2.45) is 0 Å². The zero-order valence-electron chi connectivity index (χ0n) is 13.4. The van der Waals surface area contributed by atoms with Gasteiger partial charge >= 0.3 is 6.03 Å². The lowest BCUT2D eigenvalue weighted by Crippen LogP contribution is -2.49. The first-order chi connectivity index (χ1) is 11.0. The Morgan fingerprint density at radius 1 is 1.13 bits per heavy atom. The number of benzene rings is 1. The Balaban J connectivity index is 1.58. The summed E-state index contributed by atoms with van der Waals surface area (Å²) >= 11 is 0. The quantitative estimate of drug-likeness (QED) is 0.809. The summed E-state index contributed by atoms with van der Waals surface area (Å²) in [5.74, 6) is 0.163. The zero-order valence-corrected chi connectivity index (χ0v) is 14.2. The van der Waals surface area contributed by atoms with Crippen LogP contribution in [0.3, 0.4) is 0 Å². The molecule has 0 radical (unpaired) electrons. The van der Waals surface area contributed by atoms with Crippen molar-refractivity contribution in [1.82, 2.24) is 10.6 Å². The minimum Gasteiger partial charge on any atom is -0.335 e. The fraction of sp³-hybridized carbons (Fsp3) is 0.588. The molecule has 2 aliphatic rings. The van der Waals surface area contributed by atoms with Crippen molar-refractivity contribution in [2.45, 2.75) is 56.4 Å². The number of hydrogen-bond donors (Lipinski definition) is 2. The molecule has 3 rings (SSSR count). The van der Waals surface area contributed by atoms with Gasteiger partial charge in [-0.3, -0.25) is 0 Å². The predicted molar refractivity (Wildman–Crippen MR) is 90.2 cm³/mol. The summed E-state index contributed by atoms with van der Waals surface area (Å²) < 4.78 is 23.5. The van der Waals surface area contributed by atoms with Crippen molar-refractivity contribution < 1.29 is 13.2 Å². The van der Waals surface area contributed by atoms with E-state index in [4.69, 9.17) is 0 Å². The van der Waals surface area contributed by atoms with E-state index in [0.29, 0.717) is 6.42 Å². The van der Waals surface area contributed by atoms with Gasteiger partial charge in [0.15, 0.2) is 9.84 Å². The van der Waals surface area contributed by atoms with E-state index in [1.807, 2.05) is 6.07 Å². The molecule has 5 nitrogen and oxygen atoms in total. The Hall–Kier alpha value is -1.56. The lowest BCUT2D eigenvalue weighted by atomic mass is 10.0. The third-order valence-electron chi connectivity index (χ3n) is 5.08. The smallest absolute Gasteiger partial charge is 0.315 e. The Morgan fingerprint density at radius 2 is 1.87 bits per heavy atom. The van der Waals surface area contributed by atoms with Gasteiger partial charge in [-0.2, -0.15) is 0 Å². The van der Waals surface area contributed by atoms with Crippen molar-refractivity contribution in [2.75, 3.05) is 5.75 Å². The van der Waals surface area contributed by atoms with Crippen molar-refractivity contribution in [3.63, 3.8) is 0 Å². The second-order valence-electron chi connectivity index (χ2n) is 6.65. The number of aryl methyl sites for hydroxylation is 1. The van der Waals surface area contributed by atoms with E-state index in [9.17, 15) is 13.2 Å². The summed E-state index contributed by atoms with van der Waals surface area (Å²) in [5, 5.41) is 5.38. The molecular formula is C17H24N2O3S. The molecular weight excluding hydrogens is 312 g/mol. The highest BCUT2D eigenvalue weighted by Gasteiger charge is 2.37. The molecule has 1 heterocycles. The first kappa shape index (κ1) is 16.3. The third-order valence-corrected chi connectivity index (χ3v) is 7.35. The van der Waals surface area contributed by atoms with Gasteiger partial charge in [0.05, 0.1) is 11.0 Å². The molecule has 2 amide bonds. The maximum atomic E-state index is 12.2. The number of hydrogen-bond acceptors (Lipinski definition) is 3. The fourth-order valence-corrected chi connectivity index (χ4v) is 5.24. The highest BCUT2D eigenvalue weighted by molar-refractivity contribution is 7.92. The van der Waals surface area contributed by atoms with Crippen LogP contribution in [0.2, 0.25) is 0 Å². The van der Waals surface area contributed by atoms with Gasteiger partial charge in [0.25, 0.3) is 0 Å². The van der Waals surface area contributed by atoms with Gasteiger partial charge in [-0.05, 0) is 50.2 Å². The summed E-state index contributed by atoms with van der Waals surface area (Å²) in [6.45, 7) is 1.68. The monoisotopic (exact) mass is 336 g/mol. The molecule has 1 aromatic carbocycles. The molecule has 2 N–H and O–H groups in total. The second kappa shape index (κ2) is 6.51. The molecule has 1 aromatic rings. The molecule has 1 unspecified atom stereocenters. The van der Waals surface area contributed by atoms with Crippen LogP contribution >= 0.6 is 0 Å². The van der Waals surface area contributed by atoms with Crippen molar-refractivity contribution in [3.05, 3.63) is 35.4 Å². The SMILES string of the molecule is C[C@@H]1[C@H](NC(=O)NC2CCCc3ccccc3C2)CCS1(=O)=O. The third kappa shape index (κ3) is 3.68. The van der Waals surface area contributed by atoms with Gasteiger partial charge < -0.3 is 10.6 Å². The molecule has 1 saturated heterocycles. The number of nitrogens with one attached hydrogen (secondary N) is 2. The van der Waals surface area contributed by atoms with E-state index in [1.165, 1.54) is 11.1 Å². The van der Waals surface area contributed by atoms with Crippen LogP contribution in [-0.4, -0.2) is 37.5 Å². The van der Waals surface area contributed by atoms with Gasteiger partial charge in [-0.25, -0.2) is 13.2 Å². The van der Waals surface area contributed by atoms with Crippen LogP contribution in [-0.2, 0) is 22.7 Å². The summed E-state index contributed by atoms with van der Waals surface area (Å²) in [6, 6.07) is 7.95. The van der Waals surface area contributed by atoms with Crippen LogP contribution < -0.4 is 10.6 Å². The number of fused-ring (bicyclic) bond motifs is 1. The number of carbonyl (C=O) groups excluding carboxylic acids is 1. The van der Waals surface area contributed by atoms with E-state index in [1.54, 1.807) is 6.92 Å². The van der Waals surface area contributed by atoms with Crippen LogP contribution in [0.4, 0.5) is 4.79 Å². The normalized spacial score (nSPS) is 29.3. The second-order valence-corrected chi connectivity index (χ2v) is 9.12. The standard InChI is InChI=1S/C17H24N2O3S/c1-12-16(9-10-23(12,21)22)19-17(20)18-15-8-4-7-13-5-2-3-6-14(13)11-15/h2-3,5-6,12,15-16H,4,7-11H2,1H3,(H2,18,19,20)/t12-,15?,16-/m1/s1. The van der Waals surface area contributed by atoms with Crippen LogP contribution in [0.1, 0.15) is 37.3 Å². The van der Waals surface area contributed by atoms with Crippen LogP contribution in [0.15, 0.2) is 24.3 Å². The maximum Gasteiger partial charge on any atom is 0.315 e. The number of amides is 2. The van der Waals surface area contributed by atoms with E-state index < -0.39 is 15.1 Å². The summed E-state index contributed by atoms with van der Waals surface area (Å²) in [4.78, 5) is 12.2. The lowest BCUT2D eigenvalue weighted by molar-refractivity contribution is 0.232. The summed E-state index contributed by atoms with van der Waals surface area (Å²) in [5.41, 5.74) is 2.67. The summed E-state index contributed by atoms with van der Waals surface area (Å²) in [7, 11) is -3.04. The van der Waals surface area contributed by atoms with E-state index in [0.717, 1.165) is 25.7 Å². The minimum atomic E-state index is -3.04. The molecule has 126 valence electrons. The van der Waals surface area contributed by atoms with Crippen molar-refractivity contribution in [3.8, 4) is 0 Å². The molecule has 23 heavy (non-hydrogen) atoms. The minimum absolute atomic E-state index is 0.104. The topological polar surface area (TPSA) is 75.3 Å². The molecule has 0 spiro atoms. The molecule has 1 fully saturated rings. The first-order valence-corrected chi connectivity index (χ1v) is 10.0. The number of sulfone groups is 1. The summed E-state index contributed by atoms with van der Waals surface area (Å²) in [6.07, 6.45) is 4.39. The zero-order chi connectivity index (χ0) is 16.4. The highest BCUT2D eigenvalue weighted by atomic mass is 32.2. The van der Waals surface area contributed by atoms with Crippen molar-refractivity contribution >= 4 is 15.9 Å². The molecule has 6 heteroatoms. The Morgan fingerprint density at radius 3 is 2.57 bits per heavy atom. The first-order valence-electron chi connectivity index (χ1n) is 8.31. The molecule has 1 aliphatic carbocycles. The Kier molecular flexibility index (Phi) is 4.62. The average Bonchev–Trinajstić information content (AvgIpc) is 2.68. The van der Waals surface area contributed by atoms with Gasteiger partial charge in [-0.1, -0.05) is 24.3 Å². The van der Waals surface area contributed by atoms with Crippen LogP contribution in [0.5, 0.6) is 0 Å². The number of rotatable bonds is 2. The highest BCUT2D eigenvalue weighted by Crippen LogP contribution is 2.22. The molecule has 0 aromatic heterocycles. The molecule has 0 bridgehead atoms. The van der Waals surface area contributed by atoms with Gasteiger partial charge in [-0.15, -0.1) is 0 Å². The average molecular weight is 336 g/mol. The lowest BCUT2D eigenvalue weighted by Gasteiger charge is -2.21. The molecule has 1 aliphatic heterocycles. The molecule has 0 saturated carbocycles. The van der Waals surface area contributed by atoms with E-state index >= 15 is 0 Å². The largest absolute Gasteiger partial charge is 0.335 e. The van der Waals surface area contributed by atoms with E-state index in [-0.39, 0.29) is 23.9 Å². The fourth-order valence-electron chi connectivity index (χ4n) is 3.58. The number of urea groups is 1. The maximum absolute atomic E-state index is 12.2. The van der Waals surface area contributed by atoms with Crippen LogP contribution in [0, 0.1) is 0 Å². The van der Waals surface area contributed by atoms with Crippen LogP contribution in [0.25, 0.3) is 0 Å². The Bertz CT molecular complexity index is 687. The van der Waals surface area contributed by atoms with Gasteiger partial charge in [0.1, 0.15) is 0 Å². The number of carbonyl (C=O) groups is 1. The van der Waals surface area contributed by atoms with Gasteiger partial charge in [0.2, 0.25) is 0 Å².